The maximum absolute atomic E-state index is 10.8. The number of carbonyl (C=O) groups is 1. The van der Waals surface area contributed by atoms with Crippen LogP contribution < -0.4 is 0 Å². The molecule has 0 aliphatic rings. The summed E-state index contributed by atoms with van der Waals surface area (Å²) in [5, 5.41) is 13.1. The Morgan fingerprint density at radius 2 is 2.16 bits per heavy atom. The molecule has 7 heteroatoms. The largest absolute Gasteiger partial charge is 0.477 e. The van der Waals surface area contributed by atoms with Crippen molar-refractivity contribution in [2.24, 2.45) is 7.05 Å². The Balaban J connectivity index is 2.13. The average Bonchev–Trinajstić information content (AvgIpc) is 2.92. The van der Waals surface area contributed by atoms with E-state index in [1.807, 2.05) is 20.0 Å². The van der Waals surface area contributed by atoms with Crippen LogP contribution >= 0.6 is 0 Å². The van der Waals surface area contributed by atoms with Crippen LogP contribution in [-0.2, 0) is 7.05 Å². The molecule has 3 aromatic heterocycles. The molecule has 96 valence electrons. The molecular weight excluding hydrogens is 248 g/mol. The predicted molar refractivity (Wildman–Crippen MR) is 65.7 cm³/mol. The lowest BCUT2D eigenvalue weighted by molar-refractivity contribution is 0.0691. The molecule has 1 N–H and O–H groups in total. The quantitative estimate of drug-likeness (QED) is 0.750. The van der Waals surface area contributed by atoms with Crippen molar-refractivity contribution in [3.63, 3.8) is 0 Å². The zero-order valence-corrected chi connectivity index (χ0v) is 10.3. The van der Waals surface area contributed by atoms with Gasteiger partial charge < -0.3 is 9.52 Å². The second-order valence-electron chi connectivity index (χ2n) is 4.14. The van der Waals surface area contributed by atoms with E-state index >= 15 is 0 Å². The molecule has 0 spiro atoms. The molecule has 0 aliphatic heterocycles. The second-order valence-corrected chi connectivity index (χ2v) is 4.14. The van der Waals surface area contributed by atoms with Gasteiger partial charge in [0, 0.05) is 12.7 Å². The van der Waals surface area contributed by atoms with Crippen LogP contribution in [0.4, 0.5) is 0 Å². The molecule has 0 aromatic carbocycles. The fraction of sp³-hybridized carbons (Fsp3) is 0.167. The molecule has 7 nitrogen and oxygen atoms in total. The van der Waals surface area contributed by atoms with Gasteiger partial charge in [0.2, 0.25) is 5.89 Å². The Labute approximate surface area is 107 Å². The minimum Gasteiger partial charge on any atom is -0.477 e. The van der Waals surface area contributed by atoms with Crippen molar-refractivity contribution in [2.75, 3.05) is 0 Å². The van der Waals surface area contributed by atoms with Crippen molar-refractivity contribution < 1.29 is 14.3 Å². The van der Waals surface area contributed by atoms with Gasteiger partial charge in [-0.2, -0.15) is 10.1 Å². The van der Waals surface area contributed by atoms with E-state index in [0.717, 1.165) is 5.69 Å². The van der Waals surface area contributed by atoms with E-state index in [4.69, 9.17) is 9.52 Å². The fourth-order valence-corrected chi connectivity index (χ4v) is 1.71. The van der Waals surface area contributed by atoms with Gasteiger partial charge in [-0.05, 0) is 25.1 Å². The number of nitrogens with zero attached hydrogens (tertiary/aromatic N) is 4. The SMILES string of the molecule is Cc1cc(-c2nc3nc(C(=O)O)ccc3o2)nn1C. The maximum atomic E-state index is 10.8. The second kappa shape index (κ2) is 3.91. The summed E-state index contributed by atoms with van der Waals surface area (Å²) in [6.07, 6.45) is 0. The predicted octanol–water partition coefficient (Wildman–Crippen LogP) is 1.63. The average molecular weight is 258 g/mol. The number of oxazole rings is 1. The molecule has 0 saturated heterocycles. The topological polar surface area (TPSA) is 94.0 Å². The number of aromatic carboxylic acids is 1. The van der Waals surface area contributed by atoms with Crippen LogP contribution in [0.1, 0.15) is 16.2 Å². The summed E-state index contributed by atoms with van der Waals surface area (Å²) in [6, 6.07) is 4.75. The van der Waals surface area contributed by atoms with Crippen molar-refractivity contribution in [3.8, 4) is 11.6 Å². The summed E-state index contributed by atoms with van der Waals surface area (Å²) < 4.78 is 7.22. The van der Waals surface area contributed by atoms with Gasteiger partial charge in [-0.1, -0.05) is 0 Å². The molecule has 3 rings (SSSR count). The first kappa shape index (κ1) is 11.4. The first-order valence-corrected chi connectivity index (χ1v) is 5.56. The third-order valence-corrected chi connectivity index (χ3v) is 2.81. The molecule has 0 fully saturated rings. The van der Waals surface area contributed by atoms with Crippen molar-refractivity contribution in [3.05, 3.63) is 29.6 Å². The summed E-state index contributed by atoms with van der Waals surface area (Å²) >= 11 is 0. The number of pyridine rings is 1. The standard InChI is InChI=1S/C12H10N4O3/c1-6-5-8(15-16(6)2)11-14-10-9(19-11)4-3-7(13-10)12(17)18/h3-5H,1-2H3,(H,17,18). The van der Waals surface area contributed by atoms with Gasteiger partial charge in [-0.3, -0.25) is 4.68 Å². The van der Waals surface area contributed by atoms with Gasteiger partial charge in [0.25, 0.3) is 0 Å². The highest BCUT2D eigenvalue weighted by Gasteiger charge is 2.14. The van der Waals surface area contributed by atoms with Crippen LogP contribution in [0.15, 0.2) is 22.6 Å². The Bertz CT molecular complexity index is 768. The Kier molecular flexibility index (Phi) is 2.34. The highest BCUT2D eigenvalue weighted by atomic mass is 16.4. The highest BCUT2D eigenvalue weighted by molar-refractivity contribution is 5.88. The van der Waals surface area contributed by atoms with Crippen molar-refractivity contribution in [1.29, 1.82) is 0 Å². The molecule has 3 aromatic rings. The highest BCUT2D eigenvalue weighted by Crippen LogP contribution is 2.22. The van der Waals surface area contributed by atoms with E-state index in [0.29, 0.717) is 17.2 Å². The summed E-state index contributed by atoms with van der Waals surface area (Å²) in [5.74, 6) is -0.770. The van der Waals surface area contributed by atoms with Gasteiger partial charge in [-0.15, -0.1) is 0 Å². The van der Waals surface area contributed by atoms with Crippen LogP contribution in [0.5, 0.6) is 0 Å². The van der Waals surface area contributed by atoms with Crippen LogP contribution in [0, 0.1) is 6.92 Å². The molecule has 0 aliphatic carbocycles. The van der Waals surface area contributed by atoms with Crippen LogP contribution in [0.25, 0.3) is 22.8 Å². The molecular formula is C12H10N4O3. The molecule has 0 bridgehead atoms. The lowest BCUT2D eigenvalue weighted by atomic mass is 10.3. The van der Waals surface area contributed by atoms with Crippen molar-refractivity contribution in [2.45, 2.75) is 6.92 Å². The van der Waals surface area contributed by atoms with Gasteiger partial charge in [0.1, 0.15) is 5.69 Å². The fourth-order valence-electron chi connectivity index (χ4n) is 1.71. The van der Waals surface area contributed by atoms with Crippen LogP contribution in [0.2, 0.25) is 0 Å². The molecule has 19 heavy (non-hydrogen) atoms. The summed E-state index contributed by atoms with van der Waals surface area (Å²) in [7, 11) is 1.82. The monoisotopic (exact) mass is 258 g/mol. The third kappa shape index (κ3) is 1.85. The van der Waals surface area contributed by atoms with E-state index in [1.165, 1.54) is 12.1 Å². The number of rotatable bonds is 2. The lowest BCUT2D eigenvalue weighted by Crippen LogP contribution is -1.99. The van der Waals surface area contributed by atoms with Crippen molar-refractivity contribution >= 4 is 17.2 Å². The minimum absolute atomic E-state index is 0.0652. The summed E-state index contributed by atoms with van der Waals surface area (Å²) in [5.41, 5.74) is 2.19. The van der Waals surface area contributed by atoms with Gasteiger partial charge >= 0.3 is 5.97 Å². The van der Waals surface area contributed by atoms with E-state index in [9.17, 15) is 4.79 Å². The Hall–Kier alpha value is -2.70. The molecule has 0 saturated carbocycles. The van der Waals surface area contributed by atoms with E-state index in [2.05, 4.69) is 15.1 Å². The maximum Gasteiger partial charge on any atom is 0.354 e. The summed E-state index contributed by atoms with van der Waals surface area (Å²) in [6.45, 7) is 1.92. The normalized spacial score (nSPS) is 11.1. The van der Waals surface area contributed by atoms with E-state index in [1.54, 1.807) is 4.68 Å². The zero-order chi connectivity index (χ0) is 13.6. The molecule has 0 atom stereocenters. The third-order valence-electron chi connectivity index (χ3n) is 2.81. The van der Waals surface area contributed by atoms with E-state index < -0.39 is 5.97 Å². The summed E-state index contributed by atoms with van der Waals surface area (Å²) in [4.78, 5) is 18.9. The van der Waals surface area contributed by atoms with Crippen molar-refractivity contribution in [1.82, 2.24) is 19.7 Å². The van der Waals surface area contributed by atoms with Crippen LogP contribution in [0.3, 0.4) is 0 Å². The molecule has 0 amide bonds. The Morgan fingerprint density at radius 3 is 2.79 bits per heavy atom. The number of aromatic nitrogens is 4. The smallest absolute Gasteiger partial charge is 0.354 e. The number of carboxylic acids is 1. The molecule has 0 unspecified atom stereocenters. The molecule has 0 radical (unpaired) electrons. The lowest BCUT2D eigenvalue weighted by Gasteiger charge is -1.90. The first-order valence-electron chi connectivity index (χ1n) is 5.56. The number of fused-ring (bicyclic) bond motifs is 1. The minimum atomic E-state index is -1.10. The Morgan fingerprint density at radius 1 is 1.37 bits per heavy atom. The van der Waals surface area contributed by atoms with Gasteiger partial charge in [-0.25, -0.2) is 9.78 Å². The number of hydrogen-bond donors (Lipinski definition) is 1. The van der Waals surface area contributed by atoms with Gasteiger partial charge in [0.05, 0.1) is 0 Å². The molecule has 3 heterocycles. The zero-order valence-electron chi connectivity index (χ0n) is 10.3. The van der Waals surface area contributed by atoms with Crippen LogP contribution in [-0.4, -0.2) is 30.8 Å². The number of hydrogen-bond acceptors (Lipinski definition) is 5. The number of aryl methyl sites for hydroxylation is 2. The van der Waals surface area contributed by atoms with Gasteiger partial charge in [0.15, 0.2) is 16.9 Å². The number of carboxylic acid groups (broad SMARTS) is 1. The van der Waals surface area contributed by atoms with E-state index in [-0.39, 0.29) is 11.3 Å². The first-order chi connectivity index (χ1) is 9.04.